The van der Waals surface area contributed by atoms with Crippen molar-refractivity contribution >= 4 is 5.78 Å². The fourth-order valence-electron chi connectivity index (χ4n) is 2.29. The minimum absolute atomic E-state index is 0.129. The van der Waals surface area contributed by atoms with Gasteiger partial charge in [0.1, 0.15) is 5.78 Å². The maximum Gasteiger partial charge on any atom is 0.140 e. The van der Waals surface area contributed by atoms with E-state index < -0.39 is 0 Å². The minimum Gasteiger partial charge on any atom is -0.381 e. The summed E-state index contributed by atoms with van der Waals surface area (Å²) in [7, 11) is 0. The summed E-state index contributed by atoms with van der Waals surface area (Å²) in [6, 6.07) is 0. The van der Waals surface area contributed by atoms with Gasteiger partial charge in [-0.05, 0) is 32.1 Å². The zero-order valence-electron chi connectivity index (χ0n) is 8.63. The second-order valence-corrected chi connectivity index (χ2v) is 4.77. The lowest BCUT2D eigenvalue weighted by Gasteiger charge is -2.38. The summed E-state index contributed by atoms with van der Waals surface area (Å²) < 4.78 is 5.31. The molecule has 1 heterocycles. The van der Waals surface area contributed by atoms with Crippen molar-refractivity contribution in [1.82, 2.24) is 0 Å². The number of hydrogen-bond donors (Lipinski definition) is 1. The highest BCUT2D eigenvalue weighted by Gasteiger charge is 2.36. The second kappa shape index (κ2) is 3.99. The third kappa shape index (κ3) is 2.15. The van der Waals surface area contributed by atoms with Gasteiger partial charge in [-0.3, -0.25) is 4.79 Å². The number of carbonyl (C=O) groups is 1. The van der Waals surface area contributed by atoms with Crippen LogP contribution in [0.4, 0.5) is 0 Å². The van der Waals surface area contributed by atoms with E-state index in [0.29, 0.717) is 18.8 Å². The first-order valence-corrected chi connectivity index (χ1v) is 5.59. The summed E-state index contributed by atoms with van der Waals surface area (Å²) in [6.07, 6.45) is 5.81. The Morgan fingerprint density at radius 1 is 1.43 bits per heavy atom. The zero-order chi connectivity index (χ0) is 10.0. The highest BCUT2D eigenvalue weighted by molar-refractivity contribution is 5.82. The van der Waals surface area contributed by atoms with Gasteiger partial charge in [-0.2, -0.15) is 0 Å². The molecule has 3 heteroatoms. The smallest absolute Gasteiger partial charge is 0.140 e. The molecular weight excluding hydrogens is 178 g/mol. The molecule has 1 unspecified atom stereocenters. The largest absolute Gasteiger partial charge is 0.381 e. The number of Topliss-reactive ketones (excluding diaryl/α,β-unsaturated/α-hetero) is 1. The summed E-state index contributed by atoms with van der Waals surface area (Å²) in [6.45, 7) is 1.44. The van der Waals surface area contributed by atoms with Gasteiger partial charge in [0.15, 0.2) is 0 Å². The molecule has 3 nitrogen and oxygen atoms in total. The van der Waals surface area contributed by atoms with E-state index in [2.05, 4.69) is 0 Å². The fourth-order valence-corrected chi connectivity index (χ4v) is 2.29. The van der Waals surface area contributed by atoms with E-state index in [1.165, 1.54) is 6.42 Å². The molecule has 1 saturated heterocycles. The van der Waals surface area contributed by atoms with Gasteiger partial charge in [0.2, 0.25) is 0 Å². The number of nitrogens with two attached hydrogens (primary N) is 1. The lowest BCUT2D eigenvalue weighted by atomic mass is 9.72. The molecule has 0 aromatic carbocycles. The Hall–Kier alpha value is -0.410. The summed E-state index contributed by atoms with van der Waals surface area (Å²) in [5.41, 5.74) is 5.89. The van der Waals surface area contributed by atoms with Crippen molar-refractivity contribution in [2.24, 2.45) is 11.7 Å². The van der Waals surface area contributed by atoms with Crippen LogP contribution in [0.1, 0.15) is 38.5 Å². The van der Waals surface area contributed by atoms with Crippen molar-refractivity contribution in [2.45, 2.75) is 44.1 Å². The first-order chi connectivity index (χ1) is 6.70. The molecule has 2 aliphatic rings. The number of ether oxygens (including phenoxy) is 1. The molecule has 2 N–H and O–H groups in total. The molecule has 0 amide bonds. The second-order valence-electron chi connectivity index (χ2n) is 4.77. The molecule has 1 saturated carbocycles. The average Bonchev–Trinajstić information content (AvgIpc) is 2.17. The third-order valence-corrected chi connectivity index (χ3v) is 3.49. The van der Waals surface area contributed by atoms with Crippen molar-refractivity contribution < 1.29 is 9.53 Å². The summed E-state index contributed by atoms with van der Waals surface area (Å²) in [5, 5.41) is 0. The standard InChI is InChI=1S/C11H19NO2/c12-11(4-2-5-11)7-10(13)9-3-1-6-14-8-9/h9H,1-8,12H2. The van der Waals surface area contributed by atoms with Crippen LogP contribution in [0.15, 0.2) is 0 Å². The predicted octanol–water partition coefficient (Wildman–Crippen LogP) is 1.25. The maximum atomic E-state index is 11.8. The number of rotatable bonds is 3. The van der Waals surface area contributed by atoms with Crippen molar-refractivity contribution in [3.8, 4) is 0 Å². The Kier molecular flexibility index (Phi) is 2.88. The minimum atomic E-state index is -0.158. The van der Waals surface area contributed by atoms with Crippen molar-refractivity contribution in [3.63, 3.8) is 0 Å². The van der Waals surface area contributed by atoms with E-state index in [1.54, 1.807) is 0 Å². The summed E-state index contributed by atoms with van der Waals surface area (Å²) >= 11 is 0. The van der Waals surface area contributed by atoms with Gasteiger partial charge in [-0.25, -0.2) is 0 Å². The molecule has 1 aliphatic heterocycles. The van der Waals surface area contributed by atoms with Crippen LogP contribution in [0, 0.1) is 5.92 Å². The Labute approximate surface area is 85.0 Å². The van der Waals surface area contributed by atoms with E-state index in [4.69, 9.17) is 10.5 Å². The Bertz CT molecular complexity index is 217. The molecular formula is C11H19NO2. The molecule has 1 aliphatic carbocycles. The van der Waals surface area contributed by atoms with Crippen LogP contribution in [0.2, 0.25) is 0 Å². The predicted molar refractivity (Wildman–Crippen MR) is 53.9 cm³/mol. The molecule has 0 aromatic rings. The van der Waals surface area contributed by atoms with Gasteiger partial charge < -0.3 is 10.5 Å². The lowest BCUT2D eigenvalue weighted by molar-refractivity contribution is -0.128. The highest BCUT2D eigenvalue weighted by Crippen LogP contribution is 2.33. The Balaban J connectivity index is 1.81. The van der Waals surface area contributed by atoms with Crippen molar-refractivity contribution in [2.75, 3.05) is 13.2 Å². The molecule has 1 atom stereocenters. The van der Waals surface area contributed by atoms with Crippen LogP contribution in [0.3, 0.4) is 0 Å². The molecule has 0 bridgehead atoms. The van der Waals surface area contributed by atoms with Crippen molar-refractivity contribution in [1.29, 1.82) is 0 Å². The topological polar surface area (TPSA) is 52.3 Å². The van der Waals surface area contributed by atoms with Crippen LogP contribution in [-0.2, 0) is 9.53 Å². The molecule has 0 aromatic heterocycles. The normalized spacial score (nSPS) is 30.8. The van der Waals surface area contributed by atoms with Gasteiger partial charge in [-0.15, -0.1) is 0 Å². The van der Waals surface area contributed by atoms with E-state index in [1.807, 2.05) is 0 Å². The Morgan fingerprint density at radius 3 is 2.71 bits per heavy atom. The number of carbonyl (C=O) groups excluding carboxylic acids is 1. The zero-order valence-corrected chi connectivity index (χ0v) is 8.63. The van der Waals surface area contributed by atoms with Gasteiger partial charge in [0.05, 0.1) is 6.61 Å². The quantitative estimate of drug-likeness (QED) is 0.741. The van der Waals surface area contributed by atoms with Crippen LogP contribution >= 0.6 is 0 Å². The monoisotopic (exact) mass is 197 g/mol. The Morgan fingerprint density at radius 2 is 2.21 bits per heavy atom. The first kappa shape index (κ1) is 10.1. The van der Waals surface area contributed by atoms with Gasteiger partial charge in [-0.1, -0.05) is 0 Å². The maximum absolute atomic E-state index is 11.8. The average molecular weight is 197 g/mol. The molecule has 2 fully saturated rings. The first-order valence-electron chi connectivity index (χ1n) is 5.59. The fraction of sp³-hybridized carbons (Fsp3) is 0.909. The molecule has 0 radical (unpaired) electrons. The van der Waals surface area contributed by atoms with Gasteiger partial charge >= 0.3 is 0 Å². The van der Waals surface area contributed by atoms with E-state index in [9.17, 15) is 4.79 Å². The highest BCUT2D eigenvalue weighted by atomic mass is 16.5. The molecule has 80 valence electrons. The van der Waals surface area contributed by atoms with Crippen LogP contribution < -0.4 is 5.73 Å². The van der Waals surface area contributed by atoms with Gasteiger partial charge in [0, 0.05) is 24.5 Å². The lowest BCUT2D eigenvalue weighted by Crippen LogP contribution is -2.49. The molecule has 14 heavy (non-hydrogen) atoms. The number of hydrogen-bond acceptors (Lipinski definition) is 3. The summed E-state index contributed by atoms with van der Waals surface area (Å²) in [4.78, 5) is 11.8. The van der Waals surface area contributed by atoms with Crippen LogP contribution in [0.5, 0.6) is 0 Å². The molecule has 2 rings (SSSR count). The van der Waals surface area contributed by atoms with Gasteiger partial charge in [0.25, 0.3) is 0 Å². The van der Waals surface area contributed by atoms with Crippen LogP contribution in [0.25, 0.3) is 0 Å². The van der Waals surface area contributed by atoms with Crippen LogP contribution in [-0.4, -0.2) is 24.5 Å². The van der Waals surface area contributed by atoms with E-state index in [0.717, 1.165) is 32.3 Å². The van der Waals surface area contributed by atoms with E-state index >= 15 is 0 Å². The number of ketones is 1. The summed E-state index contributed by atoms with van der Waals surface area (Å²) in [5.74, 6) is 0.455. The molecule has 0 spiro atoms. The third-order valence-electron chi connectivity index (χ3n) is 3.49. The van der Waals surface area contributed by atoms with Crippen molar-refractivity contribution in [3.05, 3.63) is 0 Å². The van der Waals surface area contributed by atoms with E-state index in [-0.39, 0.29) is 11.5 Å². The SMILES string of the molecule is NC1(CC(=O)C2CCCOC2)CCC1.